The first-order valence-electron chi connectivity index (χ1n) is 10.1. The van der Waals surface area contributed by atoms with Crippen molar-refractivity contribution in [1.82, 2.24) is 5.32 Å². The van der Waals surface area contributed by atoms with Crippen LogP contribution in [-0.2, 0) is 14.8 Å². The molecule has 0 spiro atoms. The number of rotatable bonds is 8. The second-order valence-electron chi connectivity index (χ2n) is 7.53. The molecule has 0 heterocycles. The average molecular weight is 487 g/mol. The minimum atomic E-state index is -3.82. The first-order chi connectivity index (χ1) is 15.6. The van der Waals surface area contributed by atoms with E-state index in [4.69, 9.17) is 16.7 Å². The van der Waals surface area contributed by atoms with E-state index in [1.54, 1.807) is 68.4 Å². The van der Waals surface area contributed by atoms with Crippen LogP contribution in [0.15, 0.2) is 65.6 Å². The molecule has 3 rings (SSSR count). The molecule has 7 nitrogen and oxygen atoms in total. The van der Waals surface area contributed by atoms with E-state index < -0.39 is 16.0 Å². The Morgan fingerprint density at radius 2 is 1.64 bits per heavy atom. The number of hydrogen-bond acceptors (Lipinski definition) is 4. The topological polar surface area (TPSA) is 113 Å². The highest BCUT2D eigenvalue weighted by atomic mass is 35.5. The van der Waals surface area contributed by atoms with E-state index in [9.17, 15) is 18.0 Å². The lowest BCUT2D eigenvalue weighted by Gasteiger charge is -2.13. The second kappa shape index (κ2) is 10.1. The third-order valence-electron chi connectivity index (χ3n) is 4.97. The molecule has 3 aromatic carbocycles. The molecular formula is C24H23ClN2O5S. The van der Waals surface area contributed by atoms with Crippen LogP contribution in [0.5, 0.6) is 0 Å². The van der Waals surface area contributed by atoms with Crippen LogP contribution >= 0.6 is 11.6 Å². The van der Waals surface area contributed by atoms with E-state index in [2.05, 4.69) is 10.0 Å². The number of benzene rings is 3. The highest BCUT2D eigenvalue weighted by Crippen LogP contribution is 2.28. The van der Waals surface area contributed by atoms with Crippen LogP contribution in [-0.4, -0.2) is 31.9 Å². The van der Waals surface area contributed by atoms with Gasteiger partial charge in [-0.25, -0.2) is 8.42 Å². The van der Waals surface area contributed by atoms with E-state index in [1.165, 1.54) is 0 Å². The monoisotopic (exact) mass is 486 g/mol. The third-order valence-corrected chi connectivity index (χ3v) is 6.90. The van der Waals surface area contributed by atoms with Crippen LogP contribution in [0.2, 0.25) is 5.02 Å². The van der Waals surface area contributed by atoms with Crippen molar-refractivity contribution in [3.8, 4) is 11.1 Å². The summed E-state index contributed by atoms with van der Waals surface area (Å²) in [5.41, 5.74) is 3.56. The van der Waals surface area contributed by atoms with Crippen LogP contribution in [0.4, 0.5) is 5.69 Å². The molecule has 0 unspecified atom stereocenters. The molecule has 1 amide bonds. The number of amides is 1. The van der Waals surface area contributed by atoms with Gasteiger partial charge in [0.2, 0.25) is 0 Å². The number of carbonyl (C=O) groups excluding carboxylic acids is 1. The molecule has 0 atom stereocenters. The van der Waals surface area contributed by atoms with Crippen molar-refractivity contribution >= 4 is 39.2 Å². The van der Waals surface area contributed by atoms with Crippen molar-refractivity contribution in [2.24, 2.45) is 0 Å². The molecule has 0 radical (unpaired) electrons. The van der Waals surface area contributed by atoms with Crippen molar-refractivity contribution in [1.29, 1.82) is 0 Å². The zero-order valence-electron chi connectivity index (χ0n) is 18.1. The van der Waals surface area contributed by atoms with Gasteiger partial charge in [0, 0.05) is 22.8 Å². The summed E-state index contributed by atoms with van der Waals surface area (Å²) >= 11 is 6.09. The van der Waals surface area contributed by atoms with Crippen LogP contribution < -0.4 is 10.0 Å². The Balaban J connectivity index is 1.78. The Kier molecular flexibility index (Phi) is 7.40. The van der Waals surface area contributed by atoms with Crippen LogP contribution in [0, 0.1) is 13.8 Å². The average Bonchev–Trinajstić information content (AvgIpc) is 2.76. The van der Waals surface area contributed by atoms with Crippen LogP contribution in [0.3, 0.4) is 0 Å². The SMILES string of the molecule is Cc1cc(S(=O)(=O)Nc2cccc(-c3ccc(C(=O)NCCC(=O)O)cc3)c2)c(C)cc1Cl. The molecule has 0 fully saturated rings. The molecule has 0 saturated carbocycles. The fourth-order valence-corrected chi connectivity index (χ4v) is 4.80. The van der Waals surface area contributed by atoms with E-state index in [0.717, 1.165) is 11.1 Å². The zero-order chi connectivity index (χ0) is 24.2. The number of nitrogens with one attached hydrogen (secondary N) is 2. The lowest BCUT2D eigenvalue weighted by atomic mass is 10.0. The standard InChI is InChI=1S/C24H23ClN2O5S/c1-15-13-22(16(2)12-21(15)25)33(31,32)27-20-5-3-4-19(14-20)17-6-8-18(9-7-17)24(30)26-11-10-23(28)29/h3-9,12-14,27H,10-11H2,1-2H3,(H,26,30)(H,28,29). The van der Waals surface area contributed by atoms with Gasteiger partial charge in [0.25, 0.3) is 15.9 Å². The summed E-state index contributed by atoms with van der Waals surface area (Å²) in [7, 11) is -3.82. The van der Waals surface area contributed by atoms with Crippen molar-refractivity contribution < 1.29 is 23.1 Å². The van der Waals surface area contributed by atoms with Gasteiger partial charge in [-0.3, -0.25) is 14.3 Å². The van der Waals surface area contributed by atoms with E-state index in [-0.39, 0.29) is 23.8 Å². The summed E-state index contributed by atoms with van der Waals surface area (Å²) in [5.74, 6) is -1.35. The zero-order valence-corrected chi connectivity index (χ0v) is 19.6. The minimum absolute atomic E-state index is 0.0464. The molecular weight excluding hydrogens is 464 g/mol. The summed E-state index contributed by atoms with van der Waals surface area (Å²) in [6, 6.07) is 16.8. The number of hydrogen-bond donors (Lipinski definition) is 3. The maximum absolute atomic E-state index is 12.9. The summed E-state index contributed by atoms with van der Waals surface area (Å²) in [6.45, 7) is 3.48. The Labute approximate surface area is 197 Å². The summed E-state index contributed by atoms with van der Waals surface area (Å²) in [6.07, 6.45) is -0.151. The number of aliphatic carboxylic acids is 1. The van der Waals surface area contributed by atoms with Gasteiger partial charge in [-0.2, -0.15) is 0 Å². The first-order valence-corrected chi connectivity index (χ1v) is 11.9. The lowest BCUT2D eigenvalue weighted by Crippen LogP contribution is -2.25. The smallest absolute Gasteiger partial charge is 0.305 e. The number of carbonyl (C=O) groups is 2. The van der Waals surface area contributed by atoms with Crippen molar-refractivity contribution in [3.05, 3.63) is 82.4 Å². The molecule has 0 aliphatic rings. The minimum Gasteiger partial charge on any atom is -0.481 e. The van der Waals surface area contributed by atoms with Gasteiger partial charge in [0.1, 0.15) is 0 Å². The molecule has 33 heavy (non-hydrogen) atoms. The Morgan fingerprint density at radius 1 is 0.939 bits per heavy atom. The maximum Gasteiger partial charge on any atom is 0.305 e. The molecule has 3 aromatic rings. The quantitative estimate of drug-likeness (QED) is 0.429. The van der Waals surface area contributed by atoms with Gasteiger partial charge in [0.05, 0.1) is 11.3 Å². The predicted octanol–water partition coefficient (Wildman–Crippen LogP) is 4.63. The van der Waals surface area contributed by atoms with Gasteiger partial charge in [-0.15, -0.1) is 0 Å². The van der Waals surface area contributed by atoms with E-state index in [1.807, 2.05) is 6.07 Å². The molecule has 0 aromatic heterocycles. The van der Waals surface area contributed by atoms with E-state index in [0.29, 0.717) is 27.4 Å². The maximum atomic E-state index is 12.9. The van der Waals surface area contributed by atoms with Crippen molar-refractivity contribution in [2.75, 3.05) is 11.3 Å². The molecule has 0 aliphatic heterocycles. The van der Waals surface area contributed by atoms with Crippen molar-refractivity contribution in [3.63, 3.8) is 0 Å². The Bertz CT molecular complexity index is 1300. The Hall–Kier alpha value is -3.36. The highest BCUT2D eigenvalue weighted by Gasteiger charge is 2.18. The fourth-order valence-electron chi connectivity index (χ4n) is 3.22. The first kappa shape index (κ1) is 24.3. The number of halogens is 1. The third kappa shape index (κ3) is 6.12. The van der Waals surface area contributed by atoms with Gasteiger partial charge >= 0.3 is 5.97 Å². The predicted molar refractivity (Wildman–Crippen MR) is 128 cm³/mol. The van der Waals surface area contributed by atoms with Crippen LogP contribution in [0.1, 0.15) is 27.9 Å². The van der Waals surface area contributed by atoms with E-state index >= 15 is 0 Å². The summed E-state index contributed by atoms with van der Waals surface area (Å²) in [5, 5.41) is 11.7. The van der Waals surface area contributed by atoms with Crippen LogP contribution in [0.25, 0.3) is 11.1 Å². The molecule has 0 saturated heterocycles. The number of carboxylic acid groups (broad SMARTS) is 1. The Morgan fingerprint density at radius 3 is 2.30 bits per heavy atom. The van der Waals surface area contributed by atoms with Gasteiger partial charge in [-0.05, 0) is 72.5 Å². The largest absolute Gasteiger partial charge is 0.481 e. The number of aryl methyl sites for hydroxylation is 2. The molecule has 9 heteroatoms. The van der Waals surface area contributed by atoms with Gasteiger partial charge in [0.15, 0.2) is 0 Å². The molecule has 3 N–H and O–H groups in total. The second-order valence-corrected chi connectivity index (χ2v) is 9.59. The van der Waals surface area contributed by atoms with Gasteiger partial charge < -0.3 is 10.4 Å². The highest BCUT2D eigenvalue weighted by molar-refractivity contribution is 7.92. The molecule has 172 valence electrons. The number of sulfonamides is 1. The van der Waals surface area contributed by atoms with Crippen molar-refractivity contribution in [2.45, 2.75) is 25.2 Å². The lowest BCUT2D eigenvalue weighted by molar-refractivity contribution is -0.136. The number of anilines is 1. The summed E-state index contributed by atoms with van der Waals surface area (Å²) in [4.78, 5) is 22.8. The fraction of sp³-hybridized carbons (Fsp3) is 0.167. The number of carboxylic acids is 1. The normalized spacial score (nSPS) is 11.1. The molecule has 0 aliphatic carbocycles. The molecule has 0 bridgehead atoms. The summed E-state index contributed by atoms with van der Waals surface area (Å²) < 4.78 is 28.5. The van der Waals surface area contributed by atoms with Gasteiger partial charge in [-0.1, -0.05) is 35.9 Å².